The van der Waals surface area contributed by atoms with Crippen molar-refractivity contribution in [2.24, 2.45) is 0 Å². The predicted molar refractivity (Wildman–Crippen MR) is 62.6 cm³/mol. The Labute approximate surface area is 88.8 Å². The monoisotopic (exact) mass is 214 g/mol. The van der Waals surface area contributed by atoms with Gasteiger partial charge in [0.25, 0.3) is 0 Å². The smallest absolute Gasteiger partial charge is 0.193 e. The molecule has 0 aromatic heterocycles. The van der Waals surface area contributed by atoms with Gasteiger partial charge in [-0.2, -0.15) is 0 Å². The Hall–Kier alpha value is -0.303. The molecule has 0 unspecified atom stereocenters. The fourth-order valence-corrected chi connectivity index (χ4v) is 2.13. The van der Waals surface area contributed by atoms with E-state index in [1.807, 2.05) is 6.92 Å². The van der Waals surface area contributed by atoms with Crippen LogP contribution in [0, 0.1) is 11.8 Å². The first kappa shape index (κ1) is 13.7. The number of rotatable bonds is 2. The Morgan fingerprint density at radius 2 is 1.86 bits per heavy atom. The second kappa shape index (κ2) is 4.97. The molecule has 2 nitrogen and oxygen atoms in total. The molecule has 0 heterocycles. The van der Waals surface area contributed by atoms with Crippen molar-refractivity contribution in [3.05, 3.63) is 0 Å². The van der Waals surface area contributed by atoms with Crippen LogP contribution in [0.5, 0.6) is 0 Å². The molecule has 14 heavy (non-hydrogen) atoms. The summed E-state index contributed by atoms with van der Waals surface area (Å²) in [7, 11) is -1.70. The quantitative estimate of drug-likeness (QED) is 0.565. The largest absolute Gasteiger partial charge is 0.404 e. The van der Waals surface area contributed by atoms with Crippen LogP contribution in [0.3, 0.4) is 0 Å². The lowest BCUT2D eigenvalue weighted by molar-refractivity contribution is 0.251. The van der Waals surface area contributed by atoms with Gasteiger partial charge < -0.3 is 9.53 Å². The fraction of sp³-hybridized carbons (Fsp3) is 0.818. The number of aliphatic hydroxyl groups is 1. The lowest BCUT2D eigenvalue weighted by Crippen LogP contribution is -2.43. The lowest BCUT2D eigenvalue weighted by atomic mass is 10.2. The van der Waals surface area contributed by atoms with Crippen LogP contribution in [0.25, 0.3) is 0 Å². The maximum absolute atomic E-state index is 8.56. The van der Waals surface area contributed by atoms with Crippen LogP contribution in [-0.4, -0.2) is 26.1 Å². The maximum atomic E-state index is 8.56. The average molecular weight is 214 g/mol. The molecule has 0 aliphatic carbocycles. The number of hydrogen-bond donors (Lipinski definition) is 1. The molecule has 0 spiro atoms. The van der Waals surface area contributed by atoms with Crippen LogP contribution in [0.15, 0.2) is 0 Å². The van der Waals surface area contributed by atoms with Crippen LogP contribution in [-0.2, 0) is 4.43 Å². The second-order valence-corrected chi connectivity index (χ2v) is 9.76. The summed E-state index contributed by atoms with van der Waals surface area (Å²) in [5, 5.41) is 8.77. The third kappa shape index (κ3) is 4.27. The van der Waals surface area contributed by atoms with E-state index in [2.05, 4.69) is 45.7 Å². The van der Waals surface area contributed by atoms with Crippen molar-refractivity contribution in [1.82, 2.24) is 0 Å². The zero-order valence-corrected chi connectivity index (χ0v) is 11.1. The van der Waals surface area contributed by atoms with Crippen molar-refractivity contribution in [2.45, 2.75) is 51.9 Å². The highest BCUT2D eigenvalue weighted by Gasteiger charge is 2.38. The normalized spacial score (nSPS) is 14.5. The molecular weight excluding hydrogens is 192 g/mol. The fourth-order valence-electron chi connectivity index (χ4n) is 0.838. The summed E-state index contributed by atoms with van der Waals surface area (Å²) in [5.74, 6) is 5.50. The van der Waals surface area contributed by atoms with Gasteiger partial charge in [0.15, 0.2) is 8.32 Å². The van der Waals surface area contributed by atoms with Crippen LogP contribution < -0.4 is 0 Å². The van der Waals surface area contributed by atoms with Crippen LogP contribution in [0.2, 0.25) is 18.1 Å². The Morgan fingerprint density at radius 3 is 2.21 bits per heavy atom. The molecule has 0 aliphatic rings. The lowest BCUT2D eigenvalue weighted by Gasteiger charge is -2.37. The first-order valence-electron chi connectivity index (χ1n) is 4.98. The molecule has 0 aromatic rings. The Balaban J connectivity index is 4.37. The first-order chi connectivity index (χ1) is 6.20. The van der Waals surface area contributed by atoms with E-state index in [9.17, 15) is 0 Å². The van der Waals surface area contributed by atoms with Gasteiger partial charge in [0, 0.05) is 0 Å². The molecule has 0 amide bonds. The molecule has 0 bridgehead atoms. The third-order valence-corrected chi connectivity index (χ3v) is 7.22. The summed E-state index contributed by atoms with van der Waals surface area (Å²) in [4.78, 5) is 0. The van der Waals surface area contributed by atoms with Gasteiger partial charge in [0.2, 0.25) is 0 Å². The third-order valence-electron chi connectivity index (χ3n) is 2.66. The number of aliphatic hydroxyl groups excluding tert-OH is 1. The van der Waals surface area contributed by atoms with Crippen molar-refractivity contribution >= 4 is 8.32 Å². The van der Waals surface area contributed by atoms with Crippen LogP contribution in [0.1, 0.15) is 27.7 Å². The van der Waals surface area contributed by atoms with Gasteiger partial charge in [-0.3, -0.25) is 0 Å². The van der Waals surface area contributed by atoms with Gasteiger partial charge in [0.1, 0.15) is 12.7 Å². The average Bonchev–Trinajstić information content (AvgIpc) is 1.97. The van der Waals surface area contributed by atoms with E-state index >= 15 is 0 Å². The Kier molecular flexibility index (Phi) is 4.86. The minimum atomic E-state index is -1.70. The zero-order valence-electron chi connectivity index (χ0n) is 10.1. The maximum Gasteiger partial charge on any atom is 0.193 e. The molecule has 1 atom stereocenters. The van der Waals surface area contributed by atoms with E-state index in [1.165, 1.54) is 0 Å². The molecule has 0 saturated heterocycles. The van der Waals surface area contributed by atoms with Crippen molar-refractivity contribution in [3.63, 3.8) is 0 Å². The molecule has 0 radical (unpaired) electrons. The summed E-state index contributed by atoms with van der Waals surface area (Å²) in [6.45, 7) is 12.8. The molecule has 1 N–H and O–H groups in total. The van der Waals surface area contributed by atoms with Crippen molar-refractivity contribution in [3.8, 4) is 11.8 Å². The Morgan fingerprint density at radius 1 is 1.36 bits per heavy atom. The van der Waals surface area contributed by atoms with Crippen LogP contribution >= 0.6 is 0 Å². The van der Waals surface area contributed by atoms with Gasteiger partial charge in [-0.15, -0.1) is 0 Å². The van der Waals surface area contributed by atoms with E-state index in [4.69, 9.17) is 9.53 Å². The molecule has 3 heteroatoms. The van der Waals surface area contributed by atoms with Crippen molar-refractivity contribution in [2.75, 3.05) is 6.61 Å². The van der Waals surface area contributed by atoms with E-state index in [0.29, 0.717) is 0 Å². The first-order valence-corrected chi connectivity index (χ1v) is 7.88. The molecular formula is C11H22O2Si. The molecule has 0 saturated carbocycles. The van der Waals surface area contributed by atoms with Gasteiger partial charge in [-0.05, 0) is 25.1 Å². The minimum absolute atomic E-state index is 0.0805. The summed E-state index contributed by atoms with van der Waals surface area (Å²) in [6.07, 6.45) is -0.0805. The second-order valence-electron chi connectivity index (χ2n) is 5.00. The van der Waals surface area contributed by atoms with Gasteiger partial charge in [0.05, 0.1) is 0 Å². The topological polar surface area (TPSA) is 29.5 Å². The highest BCUT2D eigenvalue weighted by atomic mass is 28.4. The van der Waals surface area contributed by atoms with Gasteiger partial charge in [-0.25, -0.2) is 0 Å². The minimum Gasteiger partial charge on any atom is -0.404 e. The summed E-state index contributed by atoms with van der Waals surface area (Å²) in [5.41, 5.74) is 0. The molecule has 0 fully saturated rings. The van der Waals surface area contributed by atoms with E-state index in [-0.39, 0.29) is 17.7 Å². The standard InChI is InChI=1S/C11H22O2Si/c1-10(8-7-9-12)13-14(5,6)11(2,3)4/h10,12H,9H2,1-6H3/t10-/m0/s1. The highest BCUT2D eigenvalue weighted by molar-refractivity contribution is 6.74. The van der Waals surface area contributed by atoms with Crippen molar-refractivity contribution in [1.29, 1.82) is 0 Å². The summed E-state index contributed by atoms with van der Waals surface area (Å²) in [6, 6.07) is 0. The van der Waals surface area contributed by atoms with Crippen LogP contribution in [0.4, 0.5) is 0 Å². The molecule has 0 rings (SSSR count). The summed E-state index contributed by atoms with van der Waals surface area (Å²) < 4.78 is 5.96. The van der Waals surface area contributed by atoms with E-state index < -0.39 is 8.32 Å². The Bertz CT molecular complexity index is 230. The number of hydrogen-bond acceptors (Lipinski definition) is 2. The molecule has 0 aromatic carbocycles. The van der Waals surface area contributed by atoms with Gasteiger partial charge in [-0.1, -0.05) is 32.6 Å². The van der Waals surface area contributed by atoms with E-state index in [1.54, 1.807) is 0 Å². The molecule has 0 aliphatic heterocycles. The molecule has 82 valence electrons. The SMILES string of the molecule is C[C@@H](C#CCO)O[Si](C)(C)C(C)(C)C. The zero-order chi connectivity index (χ0) is 11.4. The van der Waals surface area contributed by atoms with Gasteiger partial charge >= 0.3 is 0 Å². The predicted octanol–water partition coefficient (Wildman–Crippen LogP) is 2.39. The highest BCUT2D eigenvalue weighted by Crippen LogP contribution is 2.37. The summed E-state index contributed by atoms with van der Waals surface area (Å²) >= 11 is 0. The van der Waals surface area contributed by atoms with E-state index in [0.717, 1.165) is 0 Å². The van der Waals surface area contributed by atoms with Crippen molar-refractivity contribution < 1.29 is 9.53 Å².